The maximum absolute atomic E-state index is 14.7. The molecular formula is C13H25F. The standard InChI is InChI=1S/C13H25F/c1-6-10-12(5,8-3)13(14,9-4)11-7-2/h8H,3,6-7,9-11H2,1-2,4-5H3. The van der Waals surface area contributed by atoms with E-state index in [4.69, 9.17) is 0 Å². The maximum Gasteiger partial charge on any atom is 0.119 e. The van der Waals surface area contributed by atoms with Crippen molar-refractivity contribution in [3.8, 4) is 0 Å². The van der Waals surface area contributed by atoms with E-state index in [0.717, 1.165) is 19.3 Å². The molecule has 0 nitrogen and oxygen atoms in total. The van der Waals surface area contributed by atoms with E-state index in [1.165, 1.54) is 0 Å². The van der Waals surface area contributed by atoms with Crippen molar-refractivity contribution in [3.05, 3.63) is 12.7 Å². The van der Waals surface area contributed by atoms with Crippen LogP contribution in [0.1, 0.15) is 59.8 Å². The third-order valence-electron chi connectivity index (χ3n) is 3.45. The molecule has 0 fully saturated rings. The van der Waals surface area contributed by atoms with Crippen LogP contribution in [0.5, 0.6) is 0 Å². The first-order valence-corrected chi connectivity index (χ1v) is 5.82. The minimum absolute atomic E-state index is 0.355. The molecule has 1 heteroatoms. The van der Waals surface area contributed by atoms with Gasteiger partial charge in [-0.2, -0.15) is 0 Å². The normalized spacial score (nSPS) is 19.8. The average Bonchev–Trinajstić information content (AvgIpc) is 2.18. The van der Waals surface area contributed by atoms with Gasteiger partial charge in [0.05, 0.1) is 0 Å². The molecule has 14 heavy (non-hydrogen) atoms. The average molecular weight is 200 g/mol. The van der Waals surface area contributed by atoms with Gasteiger partial charge < -0.3 is 0 Å². The first-order valence-electron chi connectivity index (χ1n) is 5.82. The summed E-state index contributed by atoms with van der Waals surface area (Å²) in [7, 11) is 0. The molecule has 0 aromatic heterocycles. The lowest BCUT2D eigenvalue weighted by Crippen LogP contribution is -2.40. The van der Waals surface area contributed by atoms with E-state index in [0.29, 0.717) is 12.8 Å². The number of allylic oxidation sites excluding steroid dienone is 1. The minimum Gasteiger partial charge on any atom is -0.243 e. The second kappa shape index (κ2) is 5.53. The molecular weight excluding hydrogens is 175 g/mol. The first kappa shape index (κ1) is 13.7. The van der Waals surface area contributed by atoms with Crippen LogP contribution in [-0.4, -0.2) is 5.67 Å². The van der Waals surface area contributed by atoms with Crippen LogP contribution in [0.4, 0.5) is 4.39 Å². The van der Waals surface area contributed by atoms with Crippen LogP contribution in [0.3, 0.4) is 0 Å². The van der Waals surface area contributed by atoms with E-state index in [9.17, 15) is 4.39 Å². The molecule has 0 rings (SSSR count). The zero-order valence-corrected chi connectivity index (χ0v) is 10.2. The van der Waals surface area contributed by atoms with Gasteiger partial charge >= 0.3 is 0 Å². The van der Waals surface area contributed by atoms with E-state index >= 15 is 0 Å². The van der Waals surface area contributed by atoms with Crippen LogP contribution in [-0.2, 0) is 0 Å². The molecule has 0 spiro atoms. The van der Waals surface area contributed by atoms with Gasteiger partial charge in [0, 0.05) is 5.41 Å². The largest absolute Gasteiger partial charge is 0.243 e. The third kappa shape index (κ3) is 2.59. The van der Waals surface area contributed by atoms with Crippen molar-refractivity contribution in [2.45, 2.75) is 65.5 Å². The lowest BCUT2D eigenvalue weighted by molar-refractivity contribution is 0.0176. The smallest absolute Gasteiger partial charge is 0.119 e. The van der Waals surface area contributed by atoms with Gasteiger partial charge in [-0.15, -0.1) is 6.58 Å². The van der Waals surface area contributed by atoms with Gasteiger partial charge in [0.15, 0.2) is 0 Å². The van der Waals surface area contributed by atoms with E-state index in [2.05, 4.69) is 13.5 Å². The molecule has 0 aliphatic carbocycles. The predicted molar refractivity (Wildman–Crippen MR) is 62.3 cm³/mol. The van der Waals surface area contributed by atoms with Crippen LogP contribution >= 0.6 is 0 Å². The zero-order chi connectivity index (χ0) is 11.2. The Morgan fingerprint density at radius 3 is 1.93 bits per heavy atom. The van der Waals surface area contributed by atoms with Crippen molar-refractivity contribution in [1.29, 1.82) is 0 Å². The number of hydrogen-bond donors (Lipinski definition) is 0. The van der Waals surface area contributed by atoms with E-state index in [1.54, 1.807) is 0 Å². The molecule has 0 N–H and O–H groups in total. The SMILES string of the molecule is C=CC(C)(CCC)C(F)(CC)CCC. The van der Waals surface area contributed by atoms with Gasteiger partial charge in [-0.1, -0.05) is 46.6 Å². The molecule has 0 aromatic rings. The Morgan fingerprint density at radius 2 is 1.64 bits per heavy atom. The second-order valence-corrected chi connectivity index (χ2v) is 4.44. The van der Waals surface area contributed by atoms with Gasteiger partial charge in [-0.05, 0) is 19.3 Å². The monoisotopic (exact) mass is 200 g/mol. The second-order valence-electron chi connectivity index (χ2n) is 4.44. The van der Waals surface area contributed by atoms with E-state index in [1.807, 2.05) is 26.8 Å². The van der Waals surface area contributed by atoms with Gasteiger partial charge in [-0.3, -0.25) is 0 Å². The Kier molecular flexibility index (Phi) is 5.40. The van der Waals surface area contributed by atoms with Crippen molar-refractivity contribution in [1.82, 2.24) is 0 Å². The molecule has 0 radical (unpaired) electrons. The summed E-state index contributed by atoms with van der Waals surface area (Å²) >= 11 is 0. The fourth-order valence-corrected chi connectivity index (χ4v) is 2.29. The highest BCUT2D eigenvalue weighted by atomic mass is 19.1. The van der Waals surface area contributed by atoms with Crippen LogP contribution in [0.25, 0.3) is 0 Å². The summed E-state index contributed by atoms with van der Waals surface area (Å²) in [5.41, 5.74) is -1.42. The quantitative estimate of drug-likeness (QED) is 0.513. The Labute approximate surface area is 88.6 Å². The van der Waals surface area contributed by atoms with Gasteiger partial charge in [0.1, 0.15) is 5.67 Å². The lowest BCUT2D eigenvalue weighted by atomic mass is 9.68. The topological polar surface area (TPSA) is 0 Å². The Hall–Kier alpha value is -0.330. The predicted octanol–water partition coefficient (Wildman–Crippen LogP) is 4.90. The molecule has 0 aliphatic heterocycles. The van der Waals surface area contributed by atoms with Crippen molar-refractivity contribution in [2.24, 2.45) is 5.41 Å². The molecule has 0 aliphatic rings. The minimum atomic E-state index is -1.07. The summed E-state index contributed by atoms with van der Waals surface area (Å²) in [4.78, 5) is 0. The summed E-state index contributed by atoms with van der Waals surface area (Å²) in [5, 5.41) is 0. The Bertz CT molecular complexity index is 176. The Morgan fingerprint density at radius 1 is 1.14 bits per heavy atom. The lowest BCUT2D eigenvalue weighted by Gasteiger charge is -2.40. The molecule has 0 heterocycles. The maximum atomic E-state index is 14.7. The van der Waals surface area contributed by atoms with Crippen LogP contribution in [0, 0.1) is 5.41 Å². The number of alkyl halides is 1. The van der Waals surface area contributed by atoms with Crippen molar-refractivity contribution in [3.63, 3.8) is 0 Å². The summed E-state index contributed by atoms with van der Waals surface area (Å²) in [6.45, 7) is 11.9. The van der Waals surface area contributed by atoms with Crippen molar-refractivity contribution in [2.75, 3.05) is 0 Å². The first-order chi connectivity index (χ1) is 6.49. The van der Waals surface area contributed by atoms with Crippen LogP contribution in [0.2, 0.25) is 0 Å². The third-order valence-corrected chi connectivity index (χ3v) is 3.45. The molecule has 0 aromatic carbocycles. The highest BCUT2D eigenvalue weighted by Crippen LogP contribution is 2.45. The van der Waals surface area contributed by atoms with Crippen molar-refractivity contribution < 1.29 is 4.39 Å². The molecule has 2 atom stereocenters. The summed E-state index contributed by atoms with van der Waals surface area (Å²) in [6, 6.07) is 0. The Balaban J connectivity index is 4.82. The highest BCUT2D eigenvalue weighted by molar-refractivity contribution is 5.05. The van der Waals surface area contributed by atoms with Crippen LogP contribution < -0.4 is 0 Å². The summed E-state index contributed by atoms with van der Waals surface area (Å²) in [6.07, 6.45) is 5.85. The molecule has 0 amide bonds. The van der Waals surface area contributed by atoms with Gasteiger partial charge in [0.25, 0.3) is 0 Å². The zero-order valence-electron chi connectivity index (χ0n) is 10.2. The molecule has 0 saturated carbocycles. The highest BCUT2D eigenvalue weighted by Gasteiger charge is 2.43. The number of hydrogen-bond acceptors (Lipinski definition) is 0. The van der Waals surface area contributed by atoms with Crippen LogP contribution in [0.15, 0.2) is 12.7 Å². The number of halogens is 1. The molecule has 0 saturated heterocycles. The molecule has 0 bridgehead atoms. The van der Waals surface area contributed by atoms with E-state index < -0.39 is 5.67 Å². The van der Waals surface area contributed by atoms with Crippen molar-refractivity contribution >= 4 is 0 Å². The van der Waals surface area contributed by atoms with Gasteiger partial charge in [0.2, 0.25) is 0 Å². The molecule has 84 valence electrons. The fourth-order valence-electron chi connectivity index (χ4n) is 2.29. The van der Waals surface area contributed by atoms with E-state index in [-0.39, 0.29) is 5.41 Å². The number of rotatable bonds is 7. The summed E-state index contributed by atoms with van der Waals surface area (Å²) < 4.78 is 14.7. The van der Waals surface area contributed by atoms with Gasteiger partial charge in [-0.25, -0.2) is 4.39 Å². The fraction of sp³-hybridized carbons (Fsp3) is 0.846. The molecule has 2 unspecified atom stereocenters. The summed E-state index contributed by atoms with van der Waals surface area (Å²) in [5.74, 6) is 0.